The van der Waals surface area contributed by atoms with Crippen LogP contribution in [0.25, 0.3) is 0 Å². The highest BCUT2D eigenvalue weighted by atomic mass is 14.6. The highest BCUT2D eigenvalue weighted by Gasteiger charge is 2.05. The van der Waals surface area contributed by atoms with Gasteiger partial charge in [-0.1, -0.05) is 77.6 Å². The van der Waals surface area contributed by atoms with Gasteiger partial charge in [-0.3, -0.25) is 9.97 Å². The normalized spacial score (nSPS) is 10.7. The molecule has 0 aliphatic carbocycles. The Kier molecular flexibility index (Phi) is 12.2. The van der Waals surface area contributed by atoms with Crippen LogP contribution in [0.2, 0.25) is 0 Å². The summed E-state index contributed by atoms with van der Waals surface area (Å²) < 4.78 is 0. The predicted molar refractivity (Wildman–Crippen MR) is 200 cm³/mol. The van der Waals surface area contributed by atoms with E-state index in [9.17, 15) is 0 Å². The largest absolute Gasteiger partial charge is 0.307 e. The van der Waals surface area contributed by atoms with Crippen LogP contribution in [-0.2, 0) is 0 Å². The zero-order chi connectivity index (χ0) is 35.4. The van der Waals surface area contributed by atoms with Crippen molar-refractivity contribution in [1.82, 2.24) is 9.97 Å². The second-order valence-corrected chi connectivity index (χ2v) is 14.2. The molecule has 0 bridgehead atoms. The van der Waals surface area contributed by atoms with Crippen molar-refractivity contribution < 1.29 is 0 Å². The van der Waals surface area contributed by atoms with Crippen molar-refractivity contribution in [2.45, 2.75) is 62.3 Å². The maximum absolute atomic E-state index is 7.88. The third-order valence-corrected chi connectivity index (χ3v) is 5.71. The molecule has 0 spiro atoms. The van der Waals surface area contributed by atoms with E-state index < -0.39 is 0 Å². The molecular weight excluding hydrogens is 583 g/mol. The Labute approximate surface area is 288 Å². The van der Waals surface area contributed by atoms with Crippen LogP contribution < -0.4 is 0 Å². The fourth-order valence-electron chi connectivity index (χ4n) is 3.56. The first-order valence-electron chi connectivity index (χ1n) is 15.6. The lowest BCUT2D eigenvalue weighted by molar-refractivity contribution is 0.570. The minimum atomic E-state index is -0.152. The van der Waals surface area contributed by atoms with Crippen LogP contribution in [0.4, 0.5) is 0 Å². The molecule has 0 aliphatic heterocycles. The number of nitrogens with zero attached hydrogens (tertiary/aromatic N) is 2. The first kappa shape index (κ1) is 36.5. The fraction of sp³-hybridized carbons (Fsp3) is 0.267. The minimum absolute atomic E-state index is 0.113. The van der Waals surface area contributed by atoms with Gasteiger partial charge >= 0.3 is 0 Å². The molecule has 3 aromatic rings. The number of rotatable bonds is 2. The third kappa shape index (κ3) is 14.4. The summed E-state index contributed by atoms with van der Waals surface area (Å²) in [5.41, 5.74) is 6.01. The Bertz CT molecular complexity index is 2020. The Balaban J connectivity index is 2.06. The van der Waals surface area contributed by atoms with E-state index in [0.717, 1.165) is 33.4 Å². The zero-order valence-electron chi connectivity index (χ0n) is 29.5. The van der Waals surface area contributed by atoms with Gasteiger partial charge in [0.15, 0.2) is 0 Å². The van der Waals surface area contributed by atoms with Gasteiger partial charge < -0.3 is 5.41 Å². The molecule has 0 saturated carbocycles. The molecule has 48 heavy (non-hydrogen) atoms. The van der Waals surface area contributed by atoms with Crippen LogP contribution in [0.15, 0.2) is 78.9 Å². The van der Waals surface area contributed by atoms with Crippen LogP contribution >= 0.6 is 0 Å². The number of benzene rings is 1. The summed E-state index contributed by atoms with van der Waals surface area (Å²) >= 11 is 0. The van der Waals surface area contributed by atoms with Crippen LogP contribution in [0.3, 0.4) is 0 Å². The van der Waals surface area contributed by atoms with Crippen molar-refractivity contribution in [3.05, 3.63) is 118 Å². The highest BCUT2D eigenvalue weighted by Crippen LogP contribution is 2.14. The van der Waals surface area contributed by atoms with E-state index >= 15 is 0 Å². The van der Waals surface area contributed by atoms with E-state index in [4.69, 9.17) is 5.41 Å². The lowest BCUT2D eigenvalue weighted by atomic mass is 9.97. The standard InChI is InChI=1S/C45H41N3/c1-34(17-20-43(2,3)4)23-38(29-46)14-11-35-24-36(12-15-39-27-41(32-47-30-39)18-21-44(5,6)7)26-37(25-35)13-16-40-28-42(33-48-31-40)19-22-45(8,9)10/h23-33,46H,1H2,2-10H3/b38-23-,46-29?. The number of hydrogen-bond acceptors (Lipinski definition) is 3. The molecule has 0 unspecified atom stereocenters. The van der Waals surface area contributed by atoms with E-state index in [1.54, 1.807) is 30.9 Å². The first-order chi connectivity index (χ1) is 22.5. The molecule has 1 aromatic carbocycles. The Hall–Kier alpha value is -5.97. The molecule has 3 heteroatoms. The molecule has 3 rings (SSSR count). The van der Waals surface area contributed by atoms with E-state index in [2.05, 4.69) is 129 Å². The Morgan fingerprint density at radius 2 is 0.875 bits per heavy atom. The summed E-state index contributed by atoms with van der Waals surface area (Å²) in [5.74, 6) is 38.2. The Morgan fingerprint density at radius 3 is 1.27 bits per heavy atom. The van der Waals surface area contributed by atoms with E-state index in [1.165, 1.54) is 6.21 Å². The number of aromatic nitrogens is 2. The molecule has 0 amide bonds. The molecule has 2 aromatic heterocycles. The topological polar surface area (TPSA) is 49.6 Å². The SMILES string of the molecule is C=C(C#CC(C)(C)C)/C=C(/C#Cc1cc(C#Cc2cncc(C#CC(C)(C)C)c2)cc(C#Cc2cncc(C#CC(C)(C)C)c2)c1)C=N. The average molecular weight is 624 g/mol. The van der Waals surface area contributed by atoms with Gasteiger partial charge in [0.2, 0.25) is 0 Å². The van der Waals surface area contributed by atoms with E-state index in [0.29, 0.717) is 16.7 Å². The lowest BCUT2D eigenvalue weighted by Crippen LogP contribution is -1.99. The molecule has 0 radical (unpaired) electrons. The molecule has 3 nitrogen and oxygen atoms in total. The summed E-state index contributed by atoms with van der Waals surface area (Å²) in [6.07, 6.45) is 9.84. The van der Waals surface area contributed by atoms with Crippen molar-refractivity contribution in [2.24, 2.45) is 16.2 Å². The maximum atomic E-state index is 7.88. The third-order valence-electron chi connectivity index (χ3n) is 5.71. The summed E-state index contributed by atoms with van der Waals surface area (Å²) in [6.45, 7) is 22.5. The van der Waals surface area contributed by atoms with Crippen molar-refractivity contribution in [3.8, 4) is 71.0 Å². The summed E-state index contributed by atoms with van der Waals surface area (Å²) in [6, 6.07) is 9.60. The number of hydrogen-bond donors (Lipinski definition) is 1. The van der Waals surface area contributed by atoms with Gasteiger partial charge in [-0.25, -0.2) is 0 Å². The van der Waals surface area contributed by atoms with Crippen LogP contribution in [-0.4, -0.2) is 16.2 Å². The fourth-order valence-corrected chi connectivity index (χ4v) is 3.56. The molecule has 0 atom stereocenters. The van der Waals surface area contributed by atoms with Crippen molar-refractivity contribution >= 4 is 6.21 Å². The molecule has 0 fully saturated rings. The van der Waals surface area contributed by atoms with Gasteiger partial charge in [0.25, 0.3) is 0 Å². The molecule has 1 N–H and O–H groups in total. The monoisotopic (exact) mass is 623 g/mol. The molecule has 236 valence electrons. The maximum Gasteiger partial charge on any atom is 0.0444 e. The van der Waals surface area contributed by atoms with Gasteiger partial charge in [0.1, 0.15) is 0 Å². The van der Waals surface area contributed by atoms with Crippen LogP contribution in [0, 0.1) is 92.7 Å². The van der Waals surface area contributed by atoms with Gasteiger partial charge in [-0.2, -0.15) is 0 Å². The minimum Gasteiger partial charge on any atom is -0.307 e. The summed E-state index contributed by atoms with van der Waals surface area (Å²) in [5, 5.41) is 7.88. The highest BCUT2D eigenvalue weighted by molar-refractivity contribution is 5.84. The molecular formula is C45H41N3. The number of pyridine rings is 2. The number of allylic oxidation sites excluding steroid dienone is 3. The first-order valence-corrected chi connectivity index (χ1v) is 15.6. The quantitative estimate of drug-likeness (QED) is 0.177. The summed E-state index contributed by atoms with van der Waals surface area (Å²) in [7, 11) is 0. The lowest BCUT2D eigenvalue weighted by Gasteiger charge is -2.06. The second-order valence-electron chi connectivity index (χ2n) is 14.2. The van der Waals surface area contributed by atoms with Crippen LogP contribution in [0.1, 0.15) is 101 Å². The van der Waals surface area contributed by atoms with Crippen molar-refractivity contribution in [2.75, 3.05) is 0 Å². The Morgan fingerprint density at radius 1 is 0.521 bits per heavy atom. The average Bonchev–Trinajstić information content (AvgIpc) is 3.01. The van der Waals surface area contributed by atoms with Crippen molar-refractivity contribution in [1.29, 1.82) is 5.41 Å². The van der Waals surface area contributed by atoms with Gasteiger partial charge in [-0.05, 0) is 98.7 Å². The second kappa shape index (κ2) is 16.0. The molecule has 0 aliphatic rings. The van der Waals surface area contributed by atoms with Crippen LogP contribution in [0.5, 0.6) is 0 Å². The summed E-state index contributed by atoms with van der Waals surface area (Å²) in [4.78, 5) is 8.66. The molecule has 0 saturated heterocycles. The van der Waals surface area contributed by atoms with Gasteiger partial charge in [0, 0.05) is 97.3 Å². The van der Waals surface area contributed by atoms with Crippen molar-refractivity contribution in [3.63, 3.8) is 0 Å². The van der Waals surface area contributed by atoms with Gasteiger partial charge in [-0.15, -0.1) is 0 Å². The zero-order valence-corrected chi connectivity index (χ0v) is 29.5. The smallest absolute Gasteiger partial charge is 0.0444 e. The molecule has 2 heterocycles. The number of nitrogens with one attached hydrogen (secondary N) is 1. The van der Waals surface area contributed by atoms with Gasteiger partial charge in [0.05, 0.1) is 0 Å². The van der Waals surface area contributed by atoms with E-state index in [-0.39, 0.29) is 16.2 Å². The van der Waals surface area contributed by atoms with E-state index in [1.807, 2.05) is 51.1 Å². The predicted octanol–water partition coefficient (Wildman–Crippen LogP) is 8.60.